The van der Waals surface area contributed by atoms with E-state index in [4.69, 9.17) is 14.5 Å². The van der Waals surface area contributed by atoms with Crippen LogP contribution in [0.25, 0.3) is 44.1 Å². The Morgan fingerprint density at radius 2 is 1.61 bits per heavy atom. The summed E-state index contributed by atoms with van der Waals surface area (Å²) in [6.45, 7) is 0. The van der Waals surface area contributed by atoms with E-state index in [9.17, 15) is 10.1 Å². The van der Waals surface area contributed by atoms with E-state index in [2.05, 4.69) is 18.2 Å². The van der Waals surface area contributed by atoms with Crippen LogP contribution in [0.1, 0.15) is 0 Å². The third-order valence-corrected chi connectivity index (χ3v) is 5.77. The number of nitro benzene ring substituents is 1. The van der Waals surface area contributed by atoms with E-state index >= 15 is 0 Å². The summed E-state index contributed by atoms with van der Waals surface area (Å²) in [4.78, 5) is 15.8. The van der Waals surface area contributed by atoms with E-state index in [0.717, 1.165) is 44.1 Å². The lowest BCUT2D eigenvalue weighted by Crippen LogP contribution is -1.96. The number of methoxy groups -OCH3 is 2. The molecule has 0 aliphatic rings. The quantitative estimate of drug-likeness (QED) is 0.175. The summed E-state index contributed by atoms with van der Waals surface area (Å²) >= 11 is 0. The molecule has 0 aliphatic carbocycles. The van der Waals surface area contributed by atoms with E-state index in [1.807, 2.05) is 42.5 Å². The number of benzene rings is 4. The molecule has 0 amide bonds. The Labute approximate surface area is 190 Å². The van der Waals surface area contributed by atoms with Gasteiger partial charge in [-0.15, -0.1) is 0 Å². The summed E-state index contributed by atoms with van der Waals surface area (Å²) in [7, 11) is 3.21. The summed E-state index contributed by atoms with van der Waals surface area (Å²) in [5.74, 6) is 1.22. The minimum Gasteiger partial charge on any atom is -0.493 e. The maximum atomic E-state index is 11.2. The molecule has 0 saturated heterocycles. The van der Waals surface area contributed by atoms with Crippen LogP contribution in [0, 0.1) is 10.1 Å². The van der Waals surface area contributed by atoms with Gasteiger partial charge in [-0.2, -0.15) is 0 Å². The average Bonchev–Trinajstić information content (AvgIpc) is 2.87. The van der Waals surface area contributed by atoms with Crippen molar-refractivity contribution < 1.29 is 14.4 Å². The van der Waals surface area contributed by atoms with Crippen molar-refractivity contribution >= 4 is 27.4 Å². The third-order valence-electron chi connectivity index (χ3n) is 5.77. The molecule has 6 nitrogen and oxygen atoms in total. The van der Waals surface area contributed by atoms with Gasteiger partial charge in [0.25, 0.3) is 5.69 Å². The van der Waals surface area contributed by atoms with Gasteiger partial charge in [-0.25, -0.2) is 4.98 Å². The highest BCUT2D eigenvalue weighted by Crippen LogP contribution is 2.41. The molecule has 4 aromatic carbocycles. The molecule has 0 unspecified atom stereocenters. The number of non-ortho nitro benzene ring substituents is 1. The lowest BCUT2D eigenvalue weighted by molar-refractivity contribution is -0.384. The van der Waals surface area contributed by atoms with E-state index in [1.54, 1.807) is 26.4 Å². The first-order valence-corrected chi connectivity index (χ1v) is 10.4. The van der Waals surface area contributed by atoms with Gasteiger partial charge in [0.1, 0.15) is 0 Å². The topological polar surface area (TPSA) is 74.5 Å². The highest BCUT2D eigenvalue weighted by Gasteiger charge is 2.17. The zero-order chi connectivity index (χ0) is 22.9. The zero-order valence-corrected chi connectivity index (χ0v) is 18.1. The summed E-state index contributed by atoms with van der Waals surface area (Å²) in [6.07, 6.45) is 0. The minimum atomic E-state index is -0.392. The molecule has 0 fully saturated rings. The lowest BCUT2D eigenvalue weighted by atomic mass is 9.94. The number of hydrogen-bond donors (Lipinski definition) is 0. The molecule has 0 aliphatic heterocycles. The van der Waals surface area contributed by atoms with Gasteiger partial charge in [0.15, 0.2) is 11.5 Å². The van der Waals surface area contributed by atoms with Crippen molar-refractivity contribution in [2.24, 2.45) is 0 Å². The number of rotatable bonds is 5. The van der Waals surface area contributed by atoms with Crippen molar-refractivity contribution in [3.63, 3.8) is 0 Å². The van der Waals surface area contributed by atoms with Gasteiger partial charge in [-0.3, -0.25) is 10.1 Å². The van der Waals surface area contributed by atoms with E-state index in [-0.39, 0.29) is 5.69 Å². The molecular weight excluding hydrogens is 416 g/mol. The van der Waals surface area contributed by atoms with Crippen LogP contribution in [0.3, 0.4) is 0 Å². The molecule has 162 valence electrons. The summed E-state index contributed by atoms with van der Waals surface area (Å²) < 4.78 is 11.1. The number of aromatic nitrogens is 1. The first-order chi connectivity index (χ1) is 16.1. The molecule has 0 radical (unpaired) electrons. The summed E-state index contributed by atoms with van der Waals surface area (Å²) in [6, 6.07) is 26.5. The van der Waals surface area contributed by atoms with Crippen molar-refractivity contribution in [3.05, 3.63) is 95.0 Å². The third kappa shape index (κ3) is 3.51. The second kappa shape index (κ2) is 8.24. The molecule has 0 N–H and O–H groups in total. The second-order valence-electron chi connectivity index (χ2n) is 7.58. The number of nitrogens with zero attached hydrogens (tertiary/aromatic N) is 2. The molecule has 0 saturated carbocycles. The first-order valence-electron chi connectivity index (χ1n) is 10.4. The minimum absolute atomic E-state index is 0.0525. The highest BCUT2D eigenvalue weighted by molar-refractivity contribution is 6.13. The van der Waals surface area contributed by atoms with Crippen LogP contribution < -0.4 is 9.47 Å². The fourth-order valence-corrected chi connectivity index (χ4v) is 4.22. The SMILES string of the molecule is COc1cccc(-c2cc(-c3ccc([N+](=O)[O-])cc3)c3c(ccc4ccccc43)n2)c1OC. The zero-order valence-electron chi connectivity index (χ0n) is 18.1. The van der Waals surface area contributed by atoms with Crippen molar-refractivity contribution in [1.29, 1.82) is 0 Å². The largest absolute Gasteiger partial charge is 0.493 e. The molecule has 5 rings (SSSR count). The predicted molar refractivity (Wildman–Crippen MR) is 130 cm³/mol. The smallest absolute Gasteiger partial charge is 0.269 e. The molecular formula is C27H20N2O4. The Hall–Kier alpha value is -4.45. The summed E-state index contributed by atoms with van der Waals surface area (Å²) in [5, 5.41) is 14.3. The van der Waals surface area contributed by atoms with Gasteiger partial charge in [0, 0.05) is 23.1 Å². The fourth-order valence-electron chi connectivity index (χ4n) is 4.22. The van der Waals surface area contributed by atoms with Crippen molar-refractivity contribution in [2.45, 2.75) is 0 Å². The molecule has 6 heteroatoms. The number of fused-ring (bicyclic) bond motifs is 3. The van der Waals surface area contributed by atoms with Gasteiger partial charge < -0.3 is 9.47 Å². The van der Waals surface area contributed by atoms with Crippen LogP contribution in [0.15, 0.2) is 84.9 Å². The lowest BCUT2D eigenvalue weighted by Gasteiger charge is -2.16. The Morgan fingerprint density at radius 1 is 0.818 bits per heavy atom. The van der Waals surface area contributed by atoms with Crippen LogP contribution in [0.5, 0.6) is 11.5 Å². The first kappa shape index (κ1) is 20.5. The van der Waals surface area contributed by atoms with Gasteiger partial charge in [-0.1, -0.05) is 36.4 Å². The van der Waals surface area contributed by atoms with Crippen molar-refractivity contribution in [3.8, 4) is 33.9 Å². The van der Waals surface area contributed by atoms with E-state index in [1.165, 1.54) is 12.1 Å². The summed E-state index contributed by atoms with van der Waals surface area (Å²) in [5.41, 5.74) is 4.21. The molecule has 0 bridgehead atoms. The van der Waals surface area contributed by atoms with Crippen LogP contribution in [0.4, 0.5) is 5.69 Å². The predicted octanol–water partition coefficient (Wildman–Crippen LogP) is 6.65. The number of ether oxygens (including phenoxy) is 2. The maximum Gasteiger partial charge on any atom is 0.269 e. The van der Waals surface area contributed by atoms with Crippen LogP contribution in [-0.2, 0) is 0 Å². The average molecular weight is 436 g/mol. The van der Waals surface area contributed by atoms with Gasteiger partial charge in [0.05, 0.1) is 30.4 Å². The van der Waals surface area contributed by atoms with Crippen LogP contribution in [-0.4, -0.2) is 24.1 Å². The van der Waals surface area contributed by atoms with Crippen molar-refractivity contribution in [2.75, 3.05) is 14.2 Å². The monoisotopic (exact) mass is 436 g/mol. The molecule has 0 spiro atoms. The standard InChI is InChI=1S/C27H20N2O4/c1-32-25-9-5-8-21(27(25)33-2)24-16-22(18-10-13-19(14-11-18)29(30)31)26-20-7-4-3-6-17(20)12-15-23(26)28-24/h3-16H,1-2H3. The molecule has 1 heterocycles. The van der Waals surface area contributed by atoms with Crippen LogP contribution in [0.2, 0.25) is 0 Å². The van der Waals surface area contributed by atoms with Gasteiger partial charge in [-0.05, 0) is 58.3 Å². The number of hydrogen-bond acceptors (Lipinski definition) is 5. The van der Waals surface area contributed by atoms with Gasteiger partial charge in [0.2, 0.25) is 0 Å². The fraction of sp³-hybridized carbons (Fsp3) is 0.0741. The number of para-hydroxylation sites is 1. The van der Waals surface area contributed by atoms with Crippen LogP contribution >= 0.6 is 0 Å². The van der Waals surface area contributed by atoms with E-state index in [0.29, 0.717) is 11.5 Å². The maximum absolute atomic E-state index is 11.2. The normalized spacial score (nSPS) is 11.0. The van der Waals surface area contributed by atoms with E-state index < -0.39 is 4.92 Å². The molecule has 5 aromatic rings. The molecule has 33 heavy (non-hydrogen) atoms. The Morgan fingerprint density at radius 3 is 2.33 bits per heavy atom. The number of nitro groups is 1. The Kier molecular flexibility index (Phi) is 5.11. The van der Waals surface area contributed by atoms with Gasteiger partial charge >= 0.3 is 0 Å². The number of pyridine rings is 1. The highest BCUT2D eigenvalue weighted by atomic mass is 16.6. The van der Waals surface area contributed by atoms with Crippen molar-refractivity contribution in [1.82, 2.24) is 4.98 Å². The second-order valence-corrected chi connectivity index (χ2v) is 7.58. The molecule has 0 atom stereocenters. The Balaban J connectivity index is 1.85. The molecule has 1 aromatic heterocycles. The Bertz CT molecular complexity index is 1510.